The summed E-state index contributed by atoms with van der Waals surface area (Å²) in [7, 11) is 3.80. The highest BCUT2D eigenvalue weighted by Crippen LogP contribution is 2.39. The number of rotatable bonds is 5. The highest BCUT2D eigenvalue weighted by atomic mass is 16.5. The van der Waals surface area contributed by atoms with Crippen molar-refractivity contribution < 1.29 is 9.32 Å². The zero-order chi connectivity index (χ0) is 17.7. The van der Waals surface area contributed by atoms with Crippen molar-refractivity contribution in [2.75, 3.05) is 7.05 Å². The maximum absolute atomic E-state index is 12.3. The number of nitrogens with zero attached hydrogens (tertiary/aromatic N) is 5. The standard InChI is InChI=1S/C17H24N6O2/c1-9-15(10(2)23(4)20-9)16-12(7-14(24)22(16)3)18-8-13-19-17(25-21-13)11-5-6-11/h11-12,16,18H,5-8H2,1-4H3/t12-,16-/m1/s1. The molecule has 4 rings (SSSR count). The fourth-order valence-corrected chi connectivity index (χ4v) is 3.72. The van der Waals surface area contributed by atoms with Crippen LogP contribution in [0.3, 0.4) is 0 Å². The van der Waals surface area contributed by atoms with Crippen LogP contribution < -0.4 is 5.32 Å². The summed E-state index contributed by atoms with van der Waals surface area (Å²) in [5, 5.41) is 12.0. The molecule has 0 bridgehead atoms. The van der Waals surface area contributed by atoms with E-state index in [1.165, 1.54) is 0 Å². The molecule has 0 aromatic carbocycles. The second-order valence-corrected chi connectivity index (χ2v) is 7.17. The number of nitrogens with one attached hydrogen (secondary N) is 1. The number of carbonyl (C=O) groups excluding carboxylic acids is 1. The first kappa shape index (κ1) is 16.3. The Bertz CT molecular complexity index is 806. The molecule has 134 valence electrons. The van der Waals surface area contributed by atoms with Crippen LogP contribution in [0.1, 0.15) is 59.9 Å². The summed E-state index contributed by atoms with van der Waals surface area (Å²) in [6, 6.07) is -0.0296. The second kappa shape index (κ2) is 5.94. The predicted octanol–water partition coefficient (Wildman–Crippen LogP) is 1.36. The van der Waals surface area contributed by atoms with Crippen molar-refractivity contribution in [2.24, 2.45) is 7.05 Å². The monoisotopic (exact) mass is 344 g/mol. The molecule has 1 aliphatic carbocycles. The first-order chi connectivity index (χ1) is 12.0. The molecule has 3 heterocycles. The Kier molecular flexibility index (Phi) is 3.87. The smallest absolute Gasteiger partial charge is 0.229 e. The van der Waals surface area contributed by atoms with Crippen LogP contribution in [0.4, 0.5) is 0 Å². The molecule has 2 aliphatic rings. The fourth-order valence-electron chi connectivity index (χ4n) is 3.72. The molecule has 8 heteroatoms. The summed E-state index contributed by atoms with van der Waals surface area (Å²) >= 11 is 0. The summed E-state index contributed by atoms with van der Waals surface area (Å²) in [6.45, 7) is 4.54. The van der Waals surface area contributed by atoms with E-state index in [1.54, 1.807) is 0 Å². The maximum atomic E-state index is 12.3. The lowest BCUT2D eigenvalue weighted by Gasteiger charge is -2.26. The van der Waals surface area contributed by atoms with Crippen molar-refractivity contribution in [2.45, 2.75) is 57.7 Å². The Balaban J connectivity index is 1.53. The molecular formula is C17H24N6O2. The lowest BCUT2D eigenvalue weighted by atomic mass is 9.98. The summed E-state index contributed by atoms with van der Waals surface area (Å²) in [6.07, 6.45) is 2.74. The highest BCUT2D eigenvalue weighted by Gasteiger charge is 2.41. The van der Waals surface area contributed by atoms with Gasteiger partial charge in [0.25, 0.3) is 0 Å². The minimum atomic E-state index is -0.0315. The highest BCUT2D eigenvalue weighted by molar-refractivity contribution is 5.80. The normalized spacial score (nSPS) is 23.7. The van der Waals surface area contributed by atoms with E-state index in [4.69, 9.17) is 4.52 Å². The first-order valence-corrected chi connectivity index (χ1v) is 8.77. The summed E-state index contributed by atoms with van der Waals surface area (Å²) < 4.78 is 7.18. The van der Waals surface area contributed by atoms with Gasteiger partial charge in [-0.1, -0.05) is 5.16 Å². The molecule has 2 fully saturated rings. The van der Waals surface area contributed by atoms with Gasteiger partial charge in [0.2, 0.25) is 11.8 Å². The average molecular weight is 344 g/mol. The zero-order valence-corrected chi connectivity index (χ0v) is 15.1. The lowest BCUT2D eigenvalue weighted by molar-refractivity contribution is -0.127. The topological polar surface area (TPSA) is 89.1 Å². The van der Waals surface area contributed by atoms with E-state index < -0.39 is 0 Å². The molecule has 1 aliphatic heterocycles. The van der Waals surface area contributed by atoms with Gasteiger partial charge < -0.3 is 14.7 Å². The van der Waals surface area contributed by atoms with Crippen LogP contribution in [-0.4, -0.2) is 43.8 Å². The van der Waals surface area contributed by atoms with Gasteiger partial charge in [0.15, 0.2) is 5.82 Å². The van der Waals surface area contributed by atoms with Crippen molar-refractivity contribution in [3.63, 3.8) is 0 Å². The quantitative estimate of drug-likeness (QED) is 0.881. The molecule has 8 nitrogen and oxygen atoms in total. The number of likely N-dealkylation sites (N-methyl/N-ethyl adjacent to an activating group) is 1. The molecular weight excluding hydrogens is 320 g/mol. The molecule has 1 N–H and O–H groups in total. The molecule has 25 heavy (non-hydrogen) atoms. The van der Waals surface area contributed by atoms with Gasteiger partial charge in [-0.25, -0.2) is 0 Å². The van der Waals surface area contributed by atoms with Gasteiger partial charge in [-0.3, -0.25) is 9.48 Å². The minimum absolute atomic E-state index is 0.00183. The van der Waals surface area contributed by atoms with E-state index in [2.05, 4.69) is 20.6 Å². The minimum Gasteiger partial charge on any atom is -0.339 e. The Morgan fingerprint density at radius 2 is 2.04 bits per heavy atom. The van der Waals surface area contributed by atoms with Crippen LogP contribution in [0.15, 0.2) is 4.52 Å². The van der Waals surface area contributed by atoms with Gasteiger partial charge in [-0.2, -0.15) is 10.1 Å². The van der Waals surface area contributed by atoms with Crippen molar-refractivity contribution in [3.8, 4) is 0 Å². The van der Waals surface area contributed by atoms with Crippen LogP contribution in [0.5, 0.6) is 0 Å². The van der Waals surface area contributed by atoms with Crippen LogP contribution in [0.25, 0.3) is 0 Å². The number of aromatic nitrogens is 4. The average Bonchev–Trinajstić information content (AvgIpc) is 3.19. The van der Waals surface area contributed by atoms with Crippen molar-refractivity contribution in [1.29, 1.82) is 0 Å². The van der Waals surface area contributed by atoms with Gasteiger partial charge >= 0.3 is 0 Å². The van der Waals surface area contributed by atoms with Crippen molar-refractivity contribution in [1.82, 2.24) is 30.1 Å². The number of aryl methyl sites for hydroxylation is 2. The molecule has 1 amide bonds. The van der Waals surface area contributed by atoms with Gasteiger partial charge in [0, 0.05) is 43.7 Å². The number of carbonyl (C=O) groups is 1. The third kappa shape index (κ3) is 2.84. The maximum Gasteiger partial charge on any atom is 0.229 e. The van der Waals surface area contributed by atoms with Crippen LogP contribution in [0, 0.1) is 13.8 Å². The van der Waals surface area contributed by atoms with Gasteiger partial charge in [-0.15, -0.1) is 0 Å². The Morgan fingerprint density at radius 3 is 2.68 bits per heavy atom. The third-order valence-electron chi connectivity index (χ3n) is 5.38. The molecule has 0 spiro atoms. The Morgan fingerprint density at radius 1 is 1.28 bits per heavy atom. The molecule has 0 radical (unpaired) electrons. The van der Waals surface area contributed by atoms with E-state index in [0.717, 1.165) is 35.7 Å². The Labute approximate surface area is 146 Å². The van der Waals surface area contributed by atoms with Gasteiger partial charge in [0.05, 0.1) is 18.3 Å². The largest absolute Gasteiger partial charge is 0.339 e. The molecule has 1 saturated carbocycles. The molecule has 1 saturated heterocycles. The lowest BCUT2D eigenvalue weighted by Crippen LogP contribution is -2.35. The first-order valence-electron chi connectivity index (χ1n) is 8.77. The Hall–Kier alpha value is -2.22. The van der Waals surface area contributed by atoms with Gasteiger partial charge in [0.1, 0.15) is 0 Å². The van der Waals surface area contributed by atoms with Crippen molar-refractivity contribution in [3.05, 3.63) is 28.7 Å². The van der Waals surface area contributed by atoms with E-state index in [9.17, 15) is 4.79 Å². The number of amides is 1. The predicted molar refractivity (Wildman–Crippen MR) is 89.7 cm³/mol. The molecule has 2 atom stereocenters. The van der Waals surface area contributed by atoms with Crippen LogP contribution >= 0.6 is 0 Å². The van der Waals surface area contributed by atoms with E-state index >= 15 is 0 Å². The number of hydrogen-bond donors (Lipinski definition) is 1. The third-order valence-corrected chi connectivity index (χ3v) is 5.38. The SMILES string of the molecule is Cc1nn(C)c(C)c1[C@H]1[C@H](NCc2noc(C3CC3)n2)CC(=O)N1C. The summed E-state index contributed by atoms with van der Waals surface area (Å²) in [4.78, 5) is 18.6. The number of likely N-dealkylation sites (tertiary alicyclic amines) is 1. The molecule has 2 aromatic rings. The number of hydrogen-bond acceptors (Lipinski definition) is 6. The van der Waals surface area contributed by atoms with Crippen molar-refractivity contribution >= 4 is 5.91 Å². The summed E-state index contributed by atoms with van der Waals surface area (Å²) in [5.41, 5.74) is 3.18. The van der Waals surface area contributed by atoms with E-state index in [-0.39, 0.29) is 18.0 Å². The van der Waals surface area contributed by atoms with E-state index in [1.807, 2.05) is 37.5 Å². The second-order valence-electron chi connectivity index (χ2n) is 7.17. The van der Waals surface area contributed by atoms with Gasteiger partial charge in [-0.05, 0) is 26.7 Å². The molecule has 2 aromatic heterocycles. The van der Waals surface area contributed by atoms with Crippen LogP contribution in [-0.2, 0) is 18.4 Å². The zero-order valence-electron chi connectivity index (χ0n) is 15.1. The summed E-state index contributed by atoms with van der Waals surface area (Å²) in [5.74, 6) is 1.99. The molecule has 0 unspecified atom stereocenters. The van der Waals surface area contributed by atoms with E-state index in [0.29, 0.717) is 24.7 Å². The fraction of sp³-hybridized carbons (Fsp3) is 0.647. The van der Waals surface area contributed by atoms with Crippen LogP contribution in [0.2, 0.25) is 0 Å².